The lowest BCUT2D eigenvalue weighted by atomic mass is 10.3. The van der Waals surface area contributed by atoms with Gasteiger partial charge in [-0.2, -0.15) is 5.17 Å². The average molecular weight is 314 g/mol. The smallest absolute Gasteiger partial charge is 0.335 e. The van der Waals surface area contributed by atoms with Crippen molar-refractivity contribution in [2.75, 3.05) is 5.01 Å². The number of anilines is 1. The average Bonchev–Trinajstić information content (AvgIpc) is 2.77. The Bertz CT molecular complexity index is 480. The minimum absolute atomic E-state index is 0.898. The lowest BCUT2D eigenvalue weighted by Gasteiger charge is -2.23. The number of carbonyl (C=O) groups is 1. The SMILES string of the molecule is CC(ON1C=CN(c2cccc(Br)c2)N1)C(=O)O. The molecule has 2 N–H and O–H groups in total. The van der Waals surface area contributed by atoms with Gasteiger partial charge in [0.25, 0.3) is 0 Å². The quantitative estimate of drug-likeness (QED) is 0.884. The Kier molecular flexibility index (Phi) is 3.85. The van der Waals surface area contributed by atoms with Crippen LogP contribution in [0.3, 0.4) is 0 Å². The fraction of sp³-hybridized carbons (Fsp3) is 0.182. The van der Waals surface area contributed by atoms with Crippen molar-refractivity contribution in [3.05, 3.63) is 41.1 Å². The second-order valence-corrected chi connectivity index (χ2v) is 4.58. The summed E-state index contributed by atoms with van der Waals surface area (Å²) in [5, 5.41) is 11.7. The van der Waals surface area contributed by atoms with E-state index in [2.05, 4.69) is 21.5 Å². The number of nitrogens with zero attached hydrogens (tertiary/aromatic N) is 2. The Balaban J connectivity index is 1.97. The van der Waals surface area contributed by atoms with E-state index in [1.807, 2.05) is 24.3 Å². The molecule has 0 aliphatic carbocycles. The van der Waals surface area contributed by atoms with Crippen LogP contribution in [0.4, 0.5) is 5.69 Å². The van der Waals surface area contributed by atoms with Crippen LogP contribution in [0.5, 0.6) is 0 Å². The van der Waals surface area contributed by atoms with Crippen LogP contribution < -0.4 is 10.5 Å². The van der Waals surface area contributed by atoms with Crippen molar-refractivity contribution in [3.63, 3.8) is 0 Å². The minimum Gasteiger partial charge on any atom is -0.479 e. The Labute approximate surface area is 112 Å². The molecule has 6 nitrogen and oxygen atoms in total. The van der Waals surface area contributed by atoms with Gasteiger partial charge in [0.05, 0.1) is 11.9 Å². The molecule has 1 heterocycles. The number of nitrogens with one attached hydrogen (secondary N) is 1. The molecule has 0 amide bonds. The van der Waals surface area contributed by atoms with Gasteiger partial charge in [-0.15, -0.1) is 5.53 Å². The molecule has 96 valence electrons. The second kappa shape index (κ2) is 5.38. The maximum Gasteiger partial charge on any atom is 0.335 e. The zero-order valence-corrected chi connectivity index (χ0v) is 11.2. The number of hydrogen-bond acceptors (Lipinski definition) is 5. The predicted molar refractivity (Wildman–Crippen MR) is 68.9 cm³/mol. The highest BCUT2D eigenvalue weighted by atomic mass is 79.9. The summed E-state index contributed by atoms with van der Waals surface area (Å²) in [6.45, 7) is 1.46. The van der Waals surface area contributed by atoms with Crippen molar-refractivity contribution >= 4 is 27.6 Å². The number of benzene rings is 1. The number of aliphatic carboxylic acids is 1. The Hall–Kier alpha value is -1.57. The topological polar surface area (TPSA) is 65.0 Å². The third kappa shape index (κ3) is 3.00. The van der Waals surface area contributed by atoms with Gasteiger partial charge in [0, 0.05) is 10.7 Å². The molecule has 0 saturated carbocycles. The molecule has 1 unspecified atom stereocenters. The first-order chi connectivity index (χ1) is 8.56. The normalized spacial score (nSPS) is 16.1. The Morgan fingerprint density at radius 1 is 1.50 bits per heavy atom. The van der Waals surface area contributed by atoms with E-state index in [0.29, 0.717) is 0 Å². The fourth-order valence-corrected chi connectivity index (χ4v) is 1.73. The first-order valence-electron chi connectivity index (χ1n) is 5.24. The van der Waals surface area contributed by atoms with E-state index in [1.54, 1.807) is 17.4 Å². The number of hydrazine groups is 2. The van der Waals surface area contributed by atoms with Gasteiger partial charge < -0.3 is 5.11 Å². The van der Waals surface area contributed by atoms with Gasteiger partial charge in [0.2, 0.25) is 0 Å². The molecule has 1 aliphatic heterocycles. The lowest BCUT2D eigenvalue weighted by Crippen LogP contribution is -2.42. The molecule has 1 atom stereocenters. The predicted octanol–water partition coefficient (Wildman–Crippen LogP) is 1.87. The van der Waals surface area contributed by atoms with Gasteiger partial charge in [-0.25, -0.2) is 9.63 Å². The van der Waals surface area contributed by atoms with E-state index in [1.165, 1.54) is 12.1 Å². The lowest BCUT2D eigenvalue weighted by molar-refractivity contribution is -0.201. The van der Waals surface area contributed by atoms with Gasteiger partial charge >= 0.3 is 5.97 Å². The van der Waals surface area contributed by atoms with Crippen molar-refractivity contribution < 1.29 is 14.7 Å². The van der Waals surface area contributed by atoms with Gasteiger partial charge in [-0.3, -0.25) is 5.01 Å². The summed E-state index contributed by atoms with van der Waals surface area (Å²) in [7, 11) is 0. The van der Waals surface area contributed by atoms with Crippen LogP contribution in [0.25, 0.3) is 0 Å². The molecule has 1 aromatic rings. The van der Waals surface area contributed by atoms with Gasteiger partial charge in [-0.05, 0) is 25.1 Å². The minimum atomic E-state index is -1.02. The van der Waals surface area contributed by atoms with Gasteiger partial charge in [0.1, 0.15) is 0 Å². The molecule has 0 aromatic heterocycles. The zero-order valence-electron chi connectivity index (χ0n) is 9.58. The number of hydroxylamine groups is 1. The van der Waals surface area contributed by atoms with E-state index in [4.69, 9.17) is 9.94 Å². The van der Waals surface area contributed by atoms with E-state index in [9.17, 15) is 4.79 Å². The molecule has 0 spiro atoms. The number of halogens is 1. The molecule has 0 bridgehead atoms. The van der Waals surface area contributed by atoms with Crippen LogP contribution >= 0.6 is 15.9 Å². The third-order valence-corrected chi connectivity index (χ3v) is 2.76. The summed E-state index contributed by atoms with van der Waals surface area (Å²) < 4.78 is 0.952. The largest absolute Gasteiger partial charge is 0.479 e. The number of hydrogen-bond donors (Lipinski definition) is 2. The molecule has 0 radical (unpaired) electrons. The fourth-order valence-electron chi connectivity index (χ4n) is 1.34. The molecular formula is C11H12BrN3O3. The van der Waals surface area contributed by atoms with Crippen LogP contribution in [0.2, 0.25) is 0 Å². The van der Waals surface area contributed by atoms with Crippen LogP contribution in [0.1, 0.15) is 6.92 Å². The van der Waals surface area contributed by atoms with Crippen molar-refractivity contribution in [2.45, 2.75) is 13.0 Å². The summed E-state index contributed by atoms with van der Waals surface area (Å²) in [6.07, 6.45) is 2.40. The Morgan fingerprint density at radius 3 is 2.94 bits per heavy atom. The van der Waals surface area contributed by atoms with Crippen LogP contribution in [-0.4, -0.2) is 22.4 Å². The van der Waals surface area contributed by atoms with E-state index < -0.39 is 12.1 Å². The molecule has 0 saturated heterocycles. The van der Waals surface area contributed by atoms with Crippen molar-refractivity contribution in [3.8, 4) is 0 Å². The molecule has 1 aliphatic rings. The molecule has 0 fully saturated rings. The standard InChI is InChI=1S/C11H12BrN3O3/c1-8(11(16)17)18-15-6-5-14(13-15)10-4-2-3-9(12)7-10/h2-8,13H,1H3,(H,16,17). The molecular weight excluding hydrogens is 302 g/mol. The summed E-state index contributed by atoms with van der Waals surface area (Å²) in [5.74, 6) is -1.02. The van der Waals surface area contributed by atoms with Gasteiger partial charge in [-0.1, -0.05) is 22.0 Å². The summed E-state index contributed by atoms with van der Waals surface area (Å²) in [5.41, 5.74) is 3.77. The highest BCUT2D eigenvalue weighted by molar-refractivity contribution is 9.10. The maximum atomic E-state index is 10.7. The molecule has 7 heteroatoms. The number of carboxylic acid groups (broad SMARTS) is 1. The summed E-state index contributed by atoms with van der Waals surface area (Å²) in [6, 6.07) is 7.65. The number of carboxylic acids is 1. The molecule has 18 heavy (non-hydrogen) atoms. The van der Waals surface area contributed by atoms with Crippen LogP contribution in [0.15, 0.2) is 41.1 Å². The van der Waals surface area contributed by atoms with Crippen LogP contribution in [-0.2, 0) is 9.63 Å². The van der Waals surface area contributed by atoms with Gasteiger partial charge in [0.15, 0.2) is 6.10 Å². The number of rotatable bonds is 4. The van der Waals surface area contributed by atoms with Crippen molar-refractivity contribution in [1.82, 2.24) is 10.7 Å². The molecule has 2 rings (SSSR count). The maximum absolute atomic E-state index is 10.7. The van der Waals surface area contributed by atoms with E-state index in [-0.39, 0.29) is 0 Å². The zero-order chi connectivity index (χ0) is 13.1. The summed E-state index contributed by atoms with van der Waals surface area (Å²) in [4.78, 5) is 15.8. The molecule has 1 aromatic carbocycles. The van der Waals surface area contributed by atoms with Crippen molar-refractivity contribution in [2.24, 2.45) is 0 Å². The summed E-state index contributed by atoms with van der Waals surface area (Å²) >= 11 is 3.38. The second-order valence-electron chi connectivity index (χ2n) is 3.66. The first kappa shape index (κ1) is 12.9. The van der Waals surface area contributed by atoms with Crippen molar-refractivity contribution in [1.29, 1.82) is 0 Å². The highest BCUT2D eigenvalue weighted by Gasteiger charge is 2.20. The Morgan fingerprint density at radius 2 is 2.28 bits per heavy atom. The first-order valence-corrected chi connectivity index (χ1v) is 6.04. The third-order valence-electron chi connectivity index (χ3n) is 2.26. The van der Waals surface area contributed by atoms with E-state index >= 15 is 0 Å². The van der Waals surface area contributed by atoms with E-state index in [0.717, 1.165) is 10.2 Å². The highest BCUT2D eigenvalue weighted by Crippen LogP contribution is 2.21. The monoisotopic (exact) mass is 313 g/mol. The van der Waals surface area contributed by atoms with Crippen LogP contribution in [0, 0.1) is 0 Å².